The van der Waals surface area contributed by atoms with Gasteiger partial charge in [0.25, 0.3) is 0 Å². The van der Waals surface area contributed by atoms with Crippen molar-refractivity contribution in [2.24, 2.45) is 5.92 Å². The van der Waals surface area contributed by atoms with Crippen molar-refractivity contribution in [1.29, 1.82) is 0 Å². The fourth-order valence-electron chi connectivity index (χ4n) is 2.55. The van der Waals surface area contributed by atoms with Crippen LogP contribution in [0.15, 0.2) is 24.3 Å². The Morgan fingerprint density at radius 2 is 2.20 bits per heavy atom. The van der Waals surface area contributed by atoms with E-state index in [0.717, 1.165) is 19.3 Å². The SMILES string of the molecule is CCC[C@H]1O[Si](C)(Oc2cccc(O)c2)OC[C@@H]1CC. The second-order valence-electron chi connectivity index (χ2n) is 5.39. The van der Waals surface area contributed by atoms with Crippen LogP contribution < -0.4 is 4.43 Å². The highest BCUT2D eigenvalue weighted by Gasteiger charge is 2.46. The molecule has 3 atom stereocenters. The van der Waals surface area contributed by atoms with Crippen molar-refractivity contribution in [3.63, 3.8) is 0 Å². The number of benzene rings is 1. The topological polar surface area (TPSA) is 47.9 Å². The summed E-state index contributed by atoms with van der Waals surface area (Å²) in [5, 5.41) is 9.50. The first-order chi connectivity index (χ1) is 9.56. The molecular weight excluding hydrogens is 272 g/mol. The molecule has 1 fully saturated rings. The summed E-state index contributed by atoms with van der Waals surface area (Å²) in [6.45, 7) is 6.95. The first-order valence-electron chi connectivity index (χ1n) is 7.36. The van der Waals surface area contributed by atoms with Gasteiger partial charge < -0.3 is 18.4 Å². The van der Waals surface area contributed by atoms with Gasteiger partial charge in [-0.15, -0.1) is 0 Å². The number of phenols is 1. The van der Waals surface area contributed by atoms with Gasteiger partial charge in [-0.1, -0.05) is 26.3 Å². The van der Waals surface area contributed by atoms with Crippen molar-refractivity contribution in [1.82, 2.24) is 0 Å². The highest BCUT2D eigenvalue weighted by Crippen LogP contribution is 2.31. The van der Waals surface area contributed by atoms with Gasteiger partial charge in [-0.25, -0.2) is 0 Å². The van der Waals surface area contributed by atoms with Crippen LogP contribution >= 0.6 is 0 Å². The lowest BCUT2D eigenvalue weighted by Crippen LogP contribution is -2.55. The molecule has 1 aromatic rings. The minimum Gasteiger partial charge on any atom is -0.508 e. The predicted molar refractivity (Wildman–Crippen MR) is 79.9 cm³/mol. The van der Waals surface area contributed by atoms with Crippen LogP contribution in [-0.2, 0) is 8.85 Å². The molecule has 5 heteroatoms. The van der Waals surface area contributed by atoms with Gasteiger partial charge in [0.2, 0.25) is 0 Å². The molecule has 1 aromatic carbocycles. The number of hydrogen-bond donors (Lipinski definition) is 1. The van der Waals surface area contributed by atoms with Gasteiger partial charge in [-0.05, 0) is 25.0 Å². The summed E-state index contributed by atoms with van der Waals surface area (Å²) >= 11 is 0. The molecule has 0 bridgehead atoms. The molecule has 1 heterocycles. The maximum absolute atomic E-state index is 9.50. The van der Waals surface area contributed by atoms with Crippen LogP contribution in [0.4, 0.5) is 0 Å². The van der Waals surface area contributed by atoms with Gasteiger partial charge in [0.1, 0.15) is 11.5 Å². The van der Waals surface area contributed by atoms with Crippen molar-refractivity contribution >= 4 is 8.80 Å². The summed E-state index contributed by atoms with van der Waals surface area (Å²) in [5.41, 5.74) is 0. The molecule has 0 radical (unpaired) electrons. The zero-order chi connectivity index (χ0) is 14.6. The third-order valence-corrected chi connectivity index (χ3v) is 5.70. The van der Waals surface area contributed by atoms with Crippen LogP contribution in [0.25, 0.3) is 0 Å². The summed E-state index contributed by atoms with van der Waals surface area (Å²) in [6, 6.07) is 6.77. The van der Waals surface area contributed by atoms with Crippen molar-refractivity contribution in [2.45, 2.75) is 45.8 Å². The highest BCUT2D eigenvalue weighted by molar-refractivity contribution is 6.60. The molecule has 1 N–H and O–H groups in total. The van der Waals surface area contributed by atoms with E-state index >= 15 is 0 Å². The van der Waals surface area contributed by atoms with Crippen LogP contribution in [0, 0.1) is 5.92 Å². The second kappa shape index (κ2) is 6.61. The molecule has 0 aromatic heterocycles. The number of aromatic hydroxyl groups is 1. The molecule has 0 aliphatic carbocycles. The van der Waals surface area contributed by atoms with Gasteiger partial charge >= 0.3 is 8.80 Å². The van der Waals surface area contributed by atoms with E-state index < -0.39 is 8.80 Å². The van der Waals surface area contributed by atoms with E-state index in [1.165, 1.54) is 0 Å². The zero-order valence-corrected chi connectivity index (χ0v) is 13.5. The van der Waals surface area contributed by atoms with E-state index in [-0.39, 0.29) is 11.9 Å². The fourth-order valence-corrected chi connectivity index (χ4v) is 4.65. The lowest BCUT2D eigenvalue weighted by atomic mass is 9.97. The Hall–Kier alpha value is -1.04. The molecule has 1 saturated heterocycles. The molecule has 4 nitrogen and oxygen atoms in total. The Bertz CT molecular complexity index is 440. The molecular formula is C15H24O4Si. The van der Waals surface area contributed by atoms with E-state index in [1.807, 2.05) is 12.6 Å². The summed E-state index contributed by atoms with van der Waals surface area (Å²) < 4.78 is 18.0. The Balaban J connectivity index is 2.06. The lowest BCUT2D eigenvalue weighted by Gasteiger charge is -2.40. The monoisotopic (exact) mass is 296 g/mol. The molecule has 1 aliphatic heterocycles. The molecule has 1 aliphatic rings. The predicted octanol–water partition coefficient (Wildman–Crippen LogP) is 3.58. The first kappa shape index (κ1) is 15.3. The van der Waals surface area contributed by atoms with Crippen molar-refractivity contribution in [3.05, 3.63) is 24.3 Å². The van der Waals surface area contributed by atoms with Crippen molar-refractivity contribution < 1.29 is 18.4 Å². The Labute approximate surface area is 122 Å². The van der Waals surface area contributed by atoms with Gasteiger partial charge in [0.05, 0.1) is 6.10 Å². The molecule has 0 amide bonds. The Morgan fingerprint density at radius 3 is 2.85 bits per heavy atom. The minimum absolute atomic E-state index is 0.187. The van der Waals surface area contributed by atoms with E-state index in [1.54, 1.807) is 18.2 Å². The molecule has 112 valence electrons. The number of hydrogen-bond acceptors (Lipinski definition) is 4. The maximum atomic E-state index is 9.50. The van der Waals surface area contributed by atoms with Crippen molar-refractivity contribution in [2.75, 3.05) is 6.61 Å². The van der Waals surface area contributed by atoms with E-state index in [2.05, 4.69) is 13.8 Å². The van der Waals surface area contributed by atoms with Gasteiger partial charge in [-0.3, -0.25) is 0 Å². The highest BCUT2D eigenvalue weighted by atomic mass is 28.4. The van der Waals surface area contributed by atoms with Crippen LogP contribution in [0.3, 0.4) is 0 Å². The van der Waals surface area contributed by atoms with Crippen LogP contribution in [-0.4, -0.2) is 26.6 Å². The molecule has 2 rings (SSSR count). The average molecular weight is 296 g/mol. The summed E-state index contributed by atoms with van der Waals surface area (Å²) in [5.74, 6) is 1.24. The lowest BCUT2D eigenvalue weighted by molar-refractivity contribution is -0.0373. The minimum atomic E-state index is -2.67. The second-order valence-corrected chi connectivity index (χ2v) is 7.84. The molecule has 0 spiro atoms. The first-order valence-corrected chi connectivity index (χ1v) is 9.58. The largest absolute Gasteiger partial charge is 0.563 e. The van der Waals surface area contributed by atoms with Crippen molar-refractivity contribution in [3.8, 4) is 11.5 Å². The van der Waals surface area contributed by atoms with Crippen LogP contribution in [0.5, 0.6) is 11.5 Å². The third kappa shape index (κ3) is 3.74. The number of phenolic OH excluding ortho intramolecular Hbond substituents is 1. The van der Waals surface area contributed by atoms with Gasteiger partial charge in [0, 0.05) is 25.1 Å². The summed E-state index contributed by atoms with van der Waals surface area (Å²) in [7, 11) is -2.67. The maximum Gasteiger partial charge on any atom is 0.563 e. The van der Waals surface area contributed by atoms with E-state index in [0.29, 0.717) is 18.3 Å². The standard InChI is InChI=1S/C15H24O4Si/c1-4-7-15-12(5-2)11-17-20(3,19-15)18-14-9-6-8-13(16)10-14/h6,8-10,12,15-16H,4-5,7,11H2,1-3H3/t12-,15+,20?/m0/s1. The smallest absolute Gasteiger partial charge is 0.508 e. The zero-order valence-electron chi connectivity index (χ0n) is 12.5. The van der Waals surface area contributed by atoms with Gasteiger partial charge in [0.15, 0.2) is 0 Å². The van der Waals surface area contributed by atoms with E-state index in [4.69, 9.17) is 13.3 Å². The quantitative estimate of drug-likeness (QED) is 0.844. The molecule has 0 saturated carbocycles. The third-order valence-electron chi connectivity index (χ3n) is 3.67. The molecule has 1 unspecified atom stereocenters. The Morgan fingerprint density at radius 1 is 1.40 bits per heavy atom. The van der Waals surface area contributed by atoms with E-state index in [9.17, 15) is 5.11 Å². The summed E-state index contributed by atoms with van der Waals surface area (Å²) in [6.07, 6.45) is 3.40. The Kier molecular flexibility index (Phi) is 5.07. The fraction of sp³-hybridized carbons (Fsp3) is 0.600. The van der Waals surface area contributed by atoms with Crippen LogP contribution in [0.2, 0.25) is 6.55 Å². The summed E-state index contributed by atoms with van der Waals surface area (Å²) in [4.78, 5) is 0. The normalized spacial score (nSPS) is 30.1. The van der Waals surface area contributed by atoms with Crippen LogP contribution in [0.1, 0.15) is 33.1 Å². The number of rotatable bonds is 5. The average Bonchev–Trinajstić information content (AvgIpc) is 2.39. The molecule has 20 heavy (non-hydrogen) atoms. The van der Waals surface area contributed by atoms with Gasteiger partial charge in [-0.2, -0.15) is 0 Å².